The van der Waals surface area contributed by atoms with Gasteiger partial charge in [-0.15, -0.1) is 0 Å². The van der Waals surface area contributed by atoms with Gasteiger partial charge in [-0.2, -0.15) is 0 Å². The molecule has 0 atom stereocenters. The molecule has 0 aliphatic heterocycles. The largest absolute Gasteiger partial charge is 0.336 e. The van der Waals surface area contributed by atoms with E-state index in [4.69, 9.17) is 0 Å². The molecule has 0 saturated carbocycles. The summed E-state index contributed by atoms with van der Waals surface area (Å²) in [5.74, 6) is 0.616. The number of hydrogen-bond acceptors (Lipinski definition) is 4. The maximum atomic E-state index is 11.9. The second-order valence-corrected chi connectivity index (χ2v) is 4.15. The van der Waals surface area contributed by atoms with Gasteiger partial charge in [0.05, 0.1) is 0 Å². The molecule has 0 bridgehead atoms. The summed E-state index contributed by atoms with van der Waals surface area (Å²) in [5.41, 5.74) is -0.120. The average molecular weight is 250 g/mol. The number of nitrogens with zero attached hydrogens (tertiary/aromatic N) is 3. The van der Waals surface area contributed by atoms with E-state index in [1.54, 1.807) is 7.05 Å². The summed E-state index contributed by atoms with van der Waals surface area (Å²) >= 11 is 0. The van der Waals surface area contributed by atoms with Gasteiger partial charge in [0.2, 0.25) is 0 Å². The van der Waals surface area contributed by atoms with Crippen LogP contribution in [-0.2, 0) is 25.3 Å². The molecule has 0 fully saturated rings. The van der Waals surface area contributed by atoms with Gasteiger partial charge in [-0.25, -0.2) is 9.78 Å². The number of fused-ring (bicyclic) bond motifs is 1. The smallest absolute Gasteiger partial charge is 0.332 e. The number of aldehydes is 1. The number of unbranched alkanes of at least 4 members (excludes halogenated alkanes) is 1. The average Bonchev–Trinajstić information content (AvgIpc) is 2.78. The summed E-state index contributed by atoms with van der Waals surface area (Å²) in [5, 5.41) is 0. The number of aryl methyl sites for hydroxylation is 2. The molecule has 0 saturated heterocycles. The van der Waals surface area contributed by atoms with Crippen molar-refractivity contribution in [1.82, 2.24) is 19.1 Å². The molecule has 2 aromatic rings. The summed E-state index contributed by atoms with van der Waals surface area (Å²) in [7, 11) is 3.00. The third-order valence-corrected chi connectivity index (χ3v) is 2.88. The Balaban J connectivity index is 2.54. The van der Waals surface area contributed by atoms with Gasteiger partial charge in [0.15, 0.2) is 5.65 Å². The monoisotopic (exact) mass is 250 g/mol. The minimum atomic E-state index is -0.404. The lowest BCUT2D eigenvalue weighted by atomic mass is 10.2. The van der Waals surface area contributed by atoms with Crippen LogP contribution in [0.3, 0.4) is 0 Å². The van der Waals surface area contributed by atoms with Gasteiger partial charge >= 0.3 is 5.69 Å². The molecular weight excluding hydrogens is 236 g/mol. The molecule has 0 aliphatic carbocycles. The summed E-state index contributed by atoms with van der Waals surface area (Å²) in [6.07, 6.45) is 2.54. The predicted molar refractivity (Wildman–Crippen MR) is 65.6 cm³/mol. The quantitative estimate of drug-likeness (QED) is 0.584. The highest BCUT2D eigenvalue weighted by atomic mass is 16.2. The highest BCUT2D eigenvalue weighted by Crippen LogP contribution is 2.06. The van der Waals surface area contributed by atoms with E-state index in [1.807, 2.05) is 0 Å². The second-order valence-electron chi connectivity index (χ2n) is 4.15. The van der Waals surface area contributed by atoms with Crippen molar-refractivity contribution >= 4 is 17.5 Å². The van der Waals surface area contributed by atoms with Crippen molar-refractivity contribution in [2.75, 3.05) is 0 Å². The SMILES string of the molecule is Cn1c(=O)c2[nH]c(CCCC=O)nc2n(C)c1=O. The first-order chi connectivity index (χ1) is 8.56. The van der Waals surface area contributed by atoms with Gasteiger partial charge in [-0.3, -0.25) is 13.9 Å². The fourth-order valence-electron chi connectivity index (χ4n) is 1.85. The standard InChI is InChI=1S/C11H14N4O3/c1-14-9-8(10(17)15(2)11(14)18)12-7(13-9)5-3-4-6-16/h6H,3-5H2,1-2H3,(H,12,13). The van der Waals surface area contributed by atoms with Crippen molar-refractivity contribution in [3.63, 3.8) is 0 Å². The first kappa shape index (κ1) is 12.3. The molecule has 7 nitrogen and oxygen atoms in total. The van der Waals surface area contributed by atoms with Crippen LogP contribution < -0.4 is 11.2 Å². The van der Waals surface area contributed by atoms with Crippen molar-refractivity contribution in [2.45, 2.75) is 19.3 Å². The van der Waals surface area contributed by atoms with Gasteiger partial charge in [0, 0.05) is 26.9 Å². The third-order valence-electron chi connectivity index (χ3n) is 2.88. The topological polar surface area (TPSA) is 89.8 Å². The summed E-state index contributed by atoms with van der Waals surface area (Å²) in [6.45, 7) is 0. The first-order valence-electron chi connectivity index (χ1n) is 5.64. The fourth-order valence-corrected chi connectivity index (χ4v) is 1.85. The van der Waals surface area contributed by atoms with Crippen LogP contribution >= 0.6 is 0 Å². The van der Waals surface area contributed by atoms with Crippen molar-refractivity contribution in [1.29, 1.82) is 0 Å². The molecule has 7 heteroatoms. The lowest BCUT2D eigenvalue weighted by Gasteiger charge is -2.00. The molecule has 0 aliphatic rings. The number of imidazole rings is 1. The van der Waals surface area contributed by atoms with E-state index in [0.717, 1.165) is 10.9 Å². The highest BCUT2D eigenvalue weighted by molar-refractivity contribution is 5.69. The van der Waals surface area contributed by atoms with Crippen LogP contribution in [-0.4, -0.2) is 25.4 Å². The Kier molecular flexibility index (Phi) is 3.14. The van der Waals surface area contributed by atoms with Crippen LogP contribution in [0, 0.1) is 0 Å². The molecule has 1 N–H and O–H groups in total. The van der Waals surface area contributed by atoms with Crippen LogP contribution in [0.2, 0.25) is 0 Å². The van der Waals surface area contributed by atoms with Crippen LogP contribution in [0.1, 0.15) is 18.7 Å². The van der Waals surface area contributed by atoms with E-state index in [9.17, 15) is 14.4 Å². The molecule has 2 heterocycles. The molecule has 2 rings (SSSR count). The normalized spacial score (nSPS) is 11.0. The lowest BCUT2D eigenvalue weighted by molar-refractivity contribution is -0.107. The van der Waals surface area contributed by atoms with Gasteiger partial charge in [-0.1, -0.05) is 0 Å². The minimum Gasteiger partial charge on any atom is -0.336 e. The predicted octanol–water partition coefficient (Wildman–Crippen LogP) is -0.518. The summed E-state index contributed by atoms with van der Waals surface area (Å²) < 4.78 is 2.37. The van der Waals surface area contributed by atoms with Crippen molar-refractivity contribution in [2.24, 2.45) is 14.1 Å². The number of aromatic nitrogens is 4. The molecule has 18 heavy (non-hydrogen) atoms. The molecule has 0 unspecified atom stereocenters. The minimum absolute atomic E-state index is 0.320. The first-order valence-corrected chi connectivity index (χ1v) is 5.64. The number of rotatable bonds is 4. The van der Waals surface area contributed by atoms with E-state index in [0.29, 0.717) is 36.3 Å². The Morgan fingerprint density at radius 3 is 2.67 bits per heavy atom. The summed E-state index contributed by atoms with van der Waals surface area (Å²) in [4.78, 5) is 40.9. The number of nitrogens with one attached hydrogen (secondary N) is 1. The van der Waals surface area contributed by atoms with Crippen molar-refractivity contribution < 1.29 is 4.79 Å². The third kappa shape index (κ3) is 1.87. The Morgan fingerprint density at radius 1 is 1.28 bits per heavy atom. The van der Waals surface area contributed by atoms with E-state index in [-0.39, 0.29) is 5.56 Å². The Hall–Kier alpha value is -2.18. The zero-order chi connectivity index (χ0) is 13.3. The number of carbonyl (C=O) groups is 1. The van der Waals surface area contributed by atoms with E-state index in [2.05, 4.69) is 9.97 Å². The fraction of sp³-hybridized carbons (Fsp3) is 0.455. The number of carbonyl (C=O) groups excluding carboxylic acids is 1. The molecule has 0 aromatic carbocycles. The van der Waals surface area contributed by atoms with Gasteiger partial charge in [0.1, 0.15) is 17.6 Å². The van der Waals surface area contributed by atoms with Gasteiger partial charge < -0.3 is 9.78 Å². The van der Waals surface area contributed by atoms with Gasteiger partial charge in [0.25, 0.3) is 5.56 Å². The van der Waals surface area contributed by atoms with E-state index < -0.39 is 5.69 Å². The zero-order valence-electron chi connectivity index (χ0n) is 10.3. The molecule has 2 aromatic heterocycles. The second kappa shape index (κ2) is 4.59. The summed E-state index contributed by atoms with van der Waals surface area (Å²) in [6, 6.07) is 0. The maximum absolute atomic E-state index is 11.9. The molecule has 96 valence electrons. The number of H-pyrrole nitrogens is 1. The van der Waals surface area contributed by atoms with E-state index in [1.165, 1.54) is 11.6 Å². The molecule has 0 amide bonds. The number of aromatic amines is 1. The zero-order valence-corrected chi connectivity index (χ0v) is 10.3. The Bertz CT molecular complexity index is 707. The van der Waals surface area contributed by atoms with Gasteiger partial charge in [-0.05, 0) is 6.42 Å². The van der Waals surface area contributed by atoms with Crippen molar-refractivity contribution in [3.8, 4) is 0 Å². The lowest BCUT2D eigenvalue weighted by Crippen LogP contribution is -2.36. The van der Waals surface area contributed by atoms with Crippen molar-refractivity contribution in [3.05, 3.63) is 26.7 Å². The van der Waals surface area contributed by atoms with Crippen LogP contribution in [0.15, 0.2) is 9.59 Å². The Morgan fingerprint density at radius 2 is 2.00 bits per heavy atom. The van der Waals surface area contributed by atoms with Crippen LogP contribution in [0.5, 0.6) is 0 Å². The van der Waals surface area contributed by atoms with Crippen LogP contribution in [0.4, 0.5) is 0 Å². The van der Waals surface area contributed by atoms with Crippen LogP contribution in [0.25, 0.3) is 11.2 Å². The Labute approximate surface area is 102 Å². The molecular formula is C11H14N4O3. The highest BCUT2D eigenvalue weighted by Gasteiger charge is 2.12. The maximum Gasteiger partial charge on any atom is 0.332 e. The number of hydrogen-bond donors (Lipinski definition) is 1. The van der Waals surface area contributed by atoms with E-state index >= 15 is 0 Å². The molecule has 0 spiro atoms. The molecule has 0 radical (unpaired) electrons.